The Kier molecular flexibility index (Phi) is 17.8. The number of hydrogen-bond donors (Lipinski definition) is 13. The third kappa shape index (κ3) is 9.94. The molecule has 4 saturated carbocycles. The van der Waals surface area contributed by atoms with Crippen molar-refractivity contribution in [1.82, 2.24) is 0 Å². The van der Waals surface area contributed by atoms with E-state index in [4.69, 9.17) is 37.9 Å². The zero-order valence-electron chi connectivity index (χ0n) is 46.4. The normalized spacial score (nSPS) is 50.6. The number of fused-ring (bicyclic) bond motifs is 7. The van der Waals surface area contributed by atoms with Gasteiger partial charge in [-0.25, -0.2) is 9.59 Å². The van der Waals surface area contributed by atoms with Crippen LogP contribution in [0, 0.1) is 50.2 Å². The minimum atomic E-state index is -2.18. The molecule has 0 bridgehead atoms. The van der Waals surface area contributed by atoms with Gasteiger partial charge >= 0.3 is 17.9 Å². The fourth-order valence-electron chi connectivity index (χ4n) is 16.2. The van der Waals surface area contributed by atoms with E-state index in [0.29, 0.717) is 37.7 Å². The molecular weight excluding hydrogens is 1040 g/mol. The molecule has 3 heterocycles. The summed E-state index contributed by atoms with van der Waals surface area (Å²) in [6, 6.07) is 0. The topological polar surface area (TPSA) is 388 Å². The molecule has 79 heavy (non-hydrogen) atoms. The second kappa shape index (κ2) is 22.6. The van der Waals surface area contributed by atoms with E-state index in [1.807, 2.05) is 20.8 Å². The highest BCUT2D eigenvalue weighted by molar-refractivity contribution is 5.87. The maximum atomic E-state index is 13.4. The maximum absolute atomic E-state index is 13.4. The smallest absolute Gasteiger partial charge is 0.335 e. The Hall–Kier alpha value is -2.83. The van der Waals surface area contributed by atoms with Gasteiger partial charge in [-0.1, -0.05) is 59.3 Å². The molecule has 0 aromatic rings. The van der Waals surface area contributed by atoms with Crippen LogP contribution in [0.3, 0.4) is 0 Å². The number of aliphatic carboxylic acids is 1. The van der Waals surface area contributed by atoms with Crippen molar-refractivity contribution in [1.29, 1.82) is 0 Å². The SMILES string of the molecule is C/C=C(/C)C(=O)O[C@H]1[C@H](OC(C)=O)[C@@]2(CO)C(CC1(C)C)C1=CCC3[C@@]4(C)CC[C@@H](O[C@@H]5O[C@H](C(=O)O)[C@@H](O[C@@H]6O[C@H](CO)[C@@H](O)[C@H](O)[C@H]6O)[C@H](O)[C@H]5O[C@@H]5O[C@H](CO)[C@@H](O)[C@H](O)[C@H]5O)[C@](C)(CO)C4CC[C@@]3(C)[C@]1(C)C[C@H]2O. The number of allylic oxidation sites excluding steroid dienone is 3. The molecule has 3 saturated heterocycles. The lowest BCUT2D eigenvalue weighted by atomic mass is 9.33. The number of carbonyl (C=O) groups is 3. The molecule has 3 aliphatic heterocycles. The minimum absolute atomic E-state index is 0.0849. The Labute approximate surface area is 459 Å². The molecule has 24 nitrogen and oxygen atoms in total. The summed E-state index contributed by atoms with van der Waals surface area (Å²) >= 11 is 0. The number of carbonyl (C=O) groups excluding carboxylic acids is 2. The summed E-state index contributed by atoms with van der Waals surface area (Å²) in [6.45, 7) is 14.1. The summed E-state index contributed by atoms with van der Waals surface area (Å²) in [6.07, 6.45) is -26.5. The van der Waals surface area contributed by atoms with Crippen molar-refractivity contribution in [3.8, 4) is 0 Å². The van der Waals surface area contributed by atoms with Gasteiger partial charge in [0.15, 0.2) is 25.0 Å². The highest BCUT2D eigenvalue weighted by Crippen LogP contribution is 2.76. The first-order chi connectivity index (χ1) is 36.9. The lowest BCUT2D eigenvalue weighted by Gasteiger charge is -2.72. The average Bonchev–Trinajstić information content (AvgIpc) is 3.25. The van der Waals surface area contributed by atoms with Gasteiger partial charge in [-0.05, 0) is 92.8 Å². The largest absolute Gasteiger partial charge is 0.479 e. The molecule has 0 amide bonds. The van der Waals surface area contributed by atoms with Crippen molar-refractivity contribution >= 4 is 17.9 Å². The summed E-state index contributed by atoms with van der Waals surface area (Å²) in [7, 11) is 0. The van der Waals surface area contributed by atoms with E-state index in [1.54, 1.807) is 19.9 Å². The first-order valence-electron chi connectivity index (χ1n) is 27.7. The van der Waals surface area contributed by atoms with Crippen molar-refractivity contribution < 1.29 is 119 Å². The quantitative estimate of drug-likeness (QED) is 0.0415. The van der Waals surface area contributed by atoms with Crippen molar-refractivity contribution in [2.45, 2.75) is 224 Å². The number of hydrogen-bond acceptors (Lipinski definition) is 23. The van der Waals surface area contributed by atoms with E-state index in [-0.39, 0.29) is 24.7 Å². The molecule has 27 atom stereocenters. The predicted octanol–water partition coefficient (Wildman–Crippen LogP) is -1.32. The van der Waals surface area contributed by atoms with E-state index in [9.17, 15) is 80.8 Å². The highest BCUT2D eigenvalue weighted by atomic mass is 16.8. The fourth-order valence-corrected chi connectivity index (χ4v) is 16.2. The summed E-state index contributed by atoms with van der Waals surface area (Å²) in [5.41, 5.74) is -3.78. The highest BCUT2D eigenvalue weighted by Gasteiger charge is 2.74. The number of aliphatic hydroxyl groups is 12. The van der Waals surface area contributed by atoms with Gasteiger partial charge in [0.05, 0.1) is 44.1 Å². The molecule has 13 N–H and O–H groups in total. The van der Waals surface area contributed by atoms with Crippen molar-refractivity contribution in [2.75, 3.05) is 26.4 Å². The van der Waals surface area contributed by atoms with Crippen LogP contribution in [0.4, 0.5) is 0 Å². The fraction of sp³-hybridized carbons (Fsp3) is 0.873. The van der Waals surface area contributed by atoms with Crippen LogP contribution < -0.4 is 0 Å². The number of carboxylic acid groups (broad SMARTS) is 1. The predicted molar refractivity (Wildman–Crippen MR) is 269 cm³/mol. The lowest BCUT2D eigenvalue weighted by Crippen LogP contribution is -2.72. The van der Waals surface area contributed by atoms with Crippen LogP contribution in [0.5, 0.6) is 0 Å². The van der Waals surface area contributed by atoms with Crippen LogP contribution in [-0.4, -0.2) is 227 Å². The number of carboxylic acids is 1. The van der Waals surface area contributed by atoms with Crippen LogP contribution in [0.15, 0.2) is 23.3 Å². The van der Waals surface area contributed by atoms with Crippen molar-refractivity contribution in [3.05, 3.63) is 23.3 Å². The van der Waals surface area contributed by atoms with E-state index in [1.165, 1.54) is 6.92 Å². The summed E-state index contributed by atoms with van der Waals surface area (Å²) < 4.78 is 48.2. The molecule has 0 aromatic heterocycles. The molecule has 5 aliphatic carbocycles. The van der Waals surface area contributed by atoms with Crippen molar-refractivity contribution in [2.24, 2.45) is 50.2 Å². The lowest BCUT2D eigenvalue weighted by molar-refractivity contribution is -0.392. The Morgan fingerprint density at radius 3 is 1.76 bits per heavy atom. The van der Waals surface area contributed by atoms with Crippen molar-refractivity contribution in [3.63, 3.8) is 0 Å². The molecule has 8 rings (SSSR count). The van der Waals surface area contributed by atoms with Gasteiger partial charge in [0.25, 0.3) is 0 Å². The zero-order chi connectivity index (χ0) is 58.4. The Morgan fingerprint density at radius 2 is 1.24 bits per heavy atom. The Bertz CT molecular complexity index is 2290. The van der Waals surface area contributed by atoms with E-state index >= 15 is 0 Å². The molecule has 24 heteroatoms. The third-order valence-electron chi connectivity index (χ3n) is 21.1. The van der Waals surface area contributed by atoms with Gasteiger partial charge in [-0.3, -0.25) is 4.79 Å². The van der Waals surface area contributed by atoms with Gasteiger partial charge in [0.1, 0.15) is 79.4 Å². The zero-order valence-corrected chi connectivity index (χ0v) is 46.4. The number of aliphatic hydroxyl groups excluding tert-OH is 12. The second-order valence-electron chi connectivity index (χ2n) is 25.5. The average molecular weight is 1130 g/mol. The molecule has 0 spiro atoms. The molecule has 3 unspecified atom stereocenters. The summed E-state index contributed by atoms with van der Waals surface area (Å²) in [5, 5.41) is 143. The third-order valence-corrected chi connectivity index (χ3v) is 21.1. The molecule has 7 fully saturated rings. The molecule has 8 aliphatic rings. The summed E-state index contributed by atoms with van der Waals surface area (Å²) in [5.74, 6) is -3.88. The van der Waals surface area contributed by atoms with Crippen LogP contribution in [-0.2, 0) is 52.3 Å². The van der Waals surface area contributed by atoms with Crippen LogP contribution in [0.2, 0.25) is 0 Å². The van der Waals surface area contributed by atoms with Crippen LogP contribution in [0.25, 0.3) is 0 Å². The number of esters is 2. The molecule has 0 aromatic carbocycles. The monoisotopic (exact) mass is 1130 g/mol. The molecular formula is C55H86O24. The van der Waals surface area contributed by atoms with Crippen LogP contribution in [0.1, 0.15) is 107 Å². The minimum Gasteiger partial charge on any atom is -0.479 e. The summed E-state index contributed by atoms with van der Waals surface area (Å²) in [4.78, 5) is 39.5. The van der Waals surface area contributed by atoms with Gasteiger partial charge in [-0.15, -0.1) is 0 Å². The standard InChI is InChI=1S/C55H86O24/c1-10-23(2)46(71)79-43-44(72-24(3)60)55(22-59)26(17-50(43,4)5)25-11-12-30-51(6)15-14-32(52(7,21-58)29(51)13-16-53(30,8)54(25,9)18-31(55)61)75-49-41(77-48-38(67)36(65)34(63)28(20-57)74-48)39(68)40(42(78-49)45(69)70)76-47-37(66)35(64)33(62)27(19-56)73-47/h10-11,26-44,47-49,56-59,61-68H,12-22H2,1-9H3,(H,69,70)/b23-10-/t26?,27-,28-,29?,30?,31-,32-,33-,34-,35+,36+,37-,38-,39+,40+,41-,42+,43+,44+,47+,48+,49-,51+,52-,53-,54-,55+/m1/s1. The first-order valence-corrected chi connectivity index (χ1v) is 27.7. The first kappa shape index (κ1) is 62.2. The van der Waals surface area contributed by atoms with Crippen LogP contribution >= 0.6 is 0 Å². The molecule has 0 radical (unpaired) electrons. The molecule has 450 valence electrons. The number of rotatable bonds is 14. The van der Waals surface area contributed by atoms with Gasteiger partial charge in [0.2, 0.25) is 0 Å². The second-order valence-corrected chi connectivity index (χ2v) is 25.5. The van der Waals surface area contributed by atoms with Gasteiger partial charge in [-0.2, -0.15) is 0 Å². The van der Waals surface area contributed by atoms with Gasteiger partial charge < -0.3 is 104 Å². The van der Waals surface area contributed by atoms with E-state index < -0.39 is 199 Å². The van der Waals surface area contributed by atoms with Gasteiger partial charge in [0, 0.05) is 23.3 Å². The Morgan fingerprint density at radius 1 is 0.658 bits per heavy atom. The Balaban J connectivity index is 1.12. The number of ether oxygens (including phenoxy) is 8. The van der Waals surface area contributed by atoms with E-state index in [0.717, 1.165) is 5.57 Å². The van der Waals surface area contributed by atoms with E-state index in [2.05, 4.69) is 26.8 Å². The maximum Gasteiger partial charge on any atom is 0.335 e.